The van der Waals surface area contributed by atoms with E-state index < -0.39 is 9.84 Å². The number of hydrogen-bond acceptors (Lipinski definition) is 3. The standard InChI is InChI=1S/C16H21ClN2O3S/c1-3-4-7-18-14-9-23(21,22)10-15(14)19(16(18)20)12-6-5-11(2)13(17)8-12/h5-6,8,14-15H,3-4,7,9-10H2,1-2H3/t14-,15-/m0/s1. The van der Waals surface area contributed by atoms with E-state index in [1.165, 1.54) is 0 Å². The summed E-state index contributed by atoms with van der Waals surface area (Å²) in [7, 11) is -3.11. The Morgan fingerprint density at radius 3 is 2.61 bits per heavy atom. The molecule has 23 heavy (non-hydrogen) atoms. The fourth-order valence-electron chi connectivity index (χ4n) is 3.40. The molecule has 2 heterocycles. The summed E-state index contributed by atoms with van der Waals surface area (Å²) in [6.45, 7) is 4.55. The number of fused-ring (bicyclic) bond motifs is 1. The summed E-state index contributed by atoms with van der Waals surface area (Å²) in [5.41, 5.74) is 1.61. The summed E-state index contributed by atoms with van der Waals surface area (Å²) in [5, 5.41) is 0.583. The third-order valence-corrected chi connectivity index (χ3v) is 6.77. The summed E-state index contributed by atoms with van der Waals surface area (Å²) in [5.74, 6) is 0.0841. The third kappa shape index (κ3) is 2.94. The molecule has 0 saturated carbocycles. The SMILES string of the molecule is CCCCN1C(=O)N(c2ccc(C)c(Cl)c2)[C@H]2CS(=O)(=O)C[C@@H]21. The van der Waals surface area contributed by atoms with Crippen molar-refractivity contribution in [1.82, 2.24) is 4.90 Å². The van der Waals surface area contributed by atoms with E-state index >= 15 is 0 Å². The molecule has 0 aliphatic carbocycles. The Labute approximate surface area is 142 Å². The Balaban J connectivity index is 1.98. The molecule has 0 radical (unpaired) electrons. The van der Waals surface area contributed by atoms with Gasteiger partial charge in [-0.2, -0.15) is 0 Å². The van der Waals surface area contributed by atoms with Crippen LogP contribution in [0, 0.1) is 6.92 Å². The molecule has 2 saturated heterocycles. The normalized spacial score (nSPS) is 26.0. The van der Waals surface area contributed by atoms with Gasteiger partial charge in [0.05, 0.1) is 23.6 Å². The van der Waals surface area contributed by atoms with Crippen molar-refractivity contribution >= 4 is 33.2 Å². The quantitative estimate of drug-likeness (QED) is 0.779. The van der Waals surface area contributed by atoms with Gasteiger partial charge >= 0.3 is 6.03 Å². The number of urea groups is 1. The molecule has 1 aromatic carbocycles. The number of sulfone groups is 1. The maximum atomic E-state index is 12.8. The van der Waals surface area contributed by atoms with Gasteiger partial charge in [-0.15, -0.1) is 0 Å². The highest BCUT2D eigenvalue weighted by Crippen LogP contribution is 2.36. The van der Waals surface area contributed by atoms with Crippen molar-refractivity contribution in [3.8, 4) is 0 Å². The van der Waals surface area contributed by atoms with Gasteiger partial charge in [0.2, 0.25) is 0 Å². The Morgan fingerprint density at radius 1 is 1.26 bits per heavy atom. The summed E-state index contributed by atoms with van der Waals surface area (Å²) in [6, 6.07) is 4.77. The predicted molar refractivity (Wildman–Crippen MR) is 91.9 cm³/mol. The molecule has 0 N–H and O–H groups in total. The van der Waals surface area contributed by atoms with Crippen LogP contribution >= 0.6 is 11.6 Å². The van der Waals surface area contributed by atoms with Crippen LogP contribution in [0.5, 0.6) is 0 Å². The van der Waals surface area contributed by atoms with Gasteiger partial charge < -0.3 is 4.90 Å². The van der Waals surface area contributed by atoms with Crippen LogP contribution in [0.3, 0.4) is 0 Å². The van der Waals surface area contributed by atoms with Gasteiger partial charge in [0.1, 0.15) is 0 Å². The van der Waals surface area contributed by atoms with Crippen molar-refractivity contribution in [1.29, 1.82) is 0 Å². The van der Waals surface area contributed by atoms with E-state index in [0.29, 0.717) is 17.3 Å². The number of benzene rings is 1. The van der Waals surface area contributed by atoms with Crippen molar-refractivity contribution in [3.63, 3.8) is 0 Å². The molecule has 2 amide bonds. The van der Waals surface area contributed by atoms with E-state index in [-0.39, 0.29) is 29.6 Å². The lowest BCUT2D eigenvalue weighted by molar-refractivity contribution is 0.208. The number of nitrogens with zero attached hydrogens (tertiary/aromatic N) is 2. The molecule has 7 heteroatoms. The Hall–Kier alpha value is -1.27. The summed E-state index contributed by atoms with van der Waals surface area (Å²) in [4.78, 5) is 16.2. The van der Waals surface area contributed by atoms with Gasteiger partial charge in [-0.05, 0) is 31.0 Å². The van der Waals surface area contributed by atoms with Crippen LogP contribution in [0.4, 0.5) is 10.5 Å². The molecule has 2 aliphatic heterocycles. The van der Waals surface area contributed by atoms with Gasteiger partial charge in [0.25, 0.3) is 0 Å². The first-order valence-corrected chi connectivity index (χ1v) is 10.1. The highest BCUT2D eigenvalue weighted by molar-refractivity contribution is 7.91. The predicted octanol–water partition coefficient (Wildman–Crippen LogP) is 2.86. The minimum Gasteiger partial charge on any atom is -0.318 e. The van der Waals surface area contributed by atoms with Gasteiger partial charge in [-0.1, -0.05) is 31.0 Å². The zero-order chi connectivity index (χ0) is 16.8. The minimum absolute atomic E-state index is 0.0253. The molecule has 2 atom stereocenters. The van der Waals surface area contributed by atoms with E-state index in [0.717, 1.165) is 18.4 Å². The average Bonchev–Trinajstić information content (AvgIpc) is 2.90. The zero-order valence-corrected chi connectivity index (χ0v) is 14.9. The number of hydrogen-bond donors (Lipinski definition) is 0. The highest BCUT2D eigenvalue weighted by Gasteiger charge is 2.53. The van der Waals surface area contributed by atoms with Crippen LogP contribution in [-0.4, -0.2) is 49.5 Å². The van der Waals surface area contributed by atoms with Crippen molar-refractivity contribution in [2.45, 2.75) is 38.8 Å². The fraction of sp³-hybridized carbons (Fsp3) is 0.562. The van der Waals surface area contributed by atoms with E-state index in [9.17, 15) is 13.2 Å². The topological polar surface area (TPSA) is 57.7 Å². The second-order valence-electron chi connectivity index (χ2n) is 6.34. The van der Waals surface area contributed by atoms with Crippen LogP contribution in [-0.2, 0) is 9.84 Å². The molecule has 2 fully saturated rings. The molecule has 1 aromatic rings. The molecular weight excluding hydrogens is 336 g/mol. The van der Waals surface area contributed by atoms with Crippen LogP contribution in [0.25, 0.3) is 0 Å². The first kappa shape index (κ1) is 16.6. The summed E-state index contributed by atoms with van der Waals surface area (Å²) < 4.78 is 24.2. The van der Waals surface area contributed by atoms with Crippen LogP contribution in [0.1, 0.15) is 25.3 Å². The second kappa shape index (κ2) is 5.98. The Kier molecular flexibility index (Phi) is 4.31. The van der Waals surface area contributed by atoms with E-state index in [2.05, 4.69) is 6.92 Å². The molecule has 126 valence electrons. The number of carbonyl (C=O) groups is 1. The van der Waals surface area contributed by atoms with Gasteiger partial charge in [-0.25, -0.2) is 13.2 Å². The molecule has 0 bridgehead atoms. The minimum atomic E-state index is -3.11. The Morgan fingerprint density at radius 2 is 1.96 bits per heavy atom. The summed E-state index contributed by atoms with van der Waals surface area (Å²) >= 11 is 6.19. The van der Waals surface area contributed by atoms with Crippen LogP contribution in [0.15, 0.2) is 18.2 Å². The molecular formula is C16H21ClN2O3S. The van der Waals surface area contributed by atoms with E-state index in [1.807, 2.05) is 19.1 Å². The number of unbranched alkanes of at least 4 members (excludes halogenated alkanes) is 1. The van der Waals surface area contributed by atoms with Crippen molar-refractivity contribution in [2.75, 3.05) is 23.0 Å². The van der Waals surface area contributed by atoms with E-state index in [1.54, 1.807) is 15.9 Å². The number of carbonyl (C=O) groups excluding carboxylic acids is 1. The lowest BCUT2D eigenvalue weighted by Gasteiger charge is -2.23. The number of halogens is 1. The zero-order valence-electron chi connectivity index (χ0n) is 13.3. The molecule has 3 rings (SSSR count). The number of anilines is 1. The average molecular weight is 357 g/mol. The molecule has 0 spiro atoms. The monoisotopic (exact) mass is 356 g/mol. The van der Waals surface area contributed by atoms with Crippen molar-refractivity contribution < 1.29 is 13.2 Å². The molecule has 2 aliphatic rings. The third-order valence-electron chi connectivity index (χ3n) is 4.66. The maximum Gasteiger partial charge on any atom is 0.325 e. The van der Waals surface area contributed by atoms with Gasteiger partial charge in [0.15, 0.2) is 9.84 Å². The number of amides is 2. The first-order chi connectivity index (χ1) is 10.8. The van der Waals surface area contributed by atoms with E-state index in [4.69, 9.17) is 11.6 Å². The lowest BCUT2D eigenvalue weighted by atomic mass is 10.1. The van der Waals surface area contributed by atoms with Crippen molar-refractivity contribution in [2.24, 2.45) is 0 Å². The Bertz CT molecular complexity index is 735. The van der Waals surface area contributed by atoms with Gasteiger partial charge in [0, 0.05) is 17.3 Å². The van der Waals surface area contributed by atoms with Crippen molar-refractivity contribution in [3.05, 3.63) is 28.8 Å². The smallest absolute Gasteiger partial charge is 0.318 e. The fourth-order valence-corrected chi connectivity index (χ4v) is 5.53. The molecule has 0 unspecified atom stereocenters. The first-order valence-electron chi connectivity index (χ1n) is 7.90. The van der Waals surface area contributed by atoms with Gasteiger partial charge in [-0.3, -0.25) is 4.90 Å². The van der Waals surface area contributed by atoms with Crippen LogP contribution < -0.4 is 4.90 Å². The lowest BCUT2D eigenvalue weighted by Crippen LogP contribution is -2.38. The maximum absolute atomic E-state index is 12.8. The highest BCUT2D eigenvalue weighted by atomic mass is 35.5. The molecule has 0 aromatic heterocycles. The van der Waals surface area contributed by atoms with Crippen LogP contribution in [0.2, 0.25) is 5.02 Å². The number of rotatable bonds is 4. The molecule has 5 nitrogen and oxygen atoms in total. The number of aryl methyl sites for hydroxylation is 1. The summed E-state index contributed by atoms with van der Waals surface area (Å²) in [6.07, 6.45) is 1.84. The second-order valence-corrected chi connectivity index (χ2v) is 8.91. The largest absolute Gasteiger partial charge is 0.325 e.